The normalized spacial score (nSPS) is 19.6. The van der Waals surface area contributed by atoms with Gasteiger partial charge in [-0.05, 0) is 85.7 Å². The number of anilines is 1. The molecule has 1 aromatic carbocycles. The number of aryl methyl sites for hydroxylation is 1. The summed E-state index contributed by atoms with van der Waals surface area (Å²) in [5.41, 5.74) is 8.13. The van der Waals surface area contributed by atoms with Crippen LogP contribution in [0.4, 0.5) is 5.69 Å². The zero-order valence-electron chi connectivity index (χ0n) is 21.7. The van der Waals surface area contributed by atoms with E-state index in [0.717, 1.165) is 48.4 Å². The van der Waals surface area contributed by atoms with Gasteiger partial charge in [-0.2, -0.15) is 0 Å². The van der Waals surface area contributed by atoms with Crippen molar-refractivity contribution in [2.75, 3.05) is 31.2 Å². The van der Waals surface area contributed by atoms with Gasteiger partial charge in [0.1, 0.15) is 0 Å². The van der Waals surface area contributed by atoms with Gasteiger partial charge in [0.25, 0.3) is 0 Å². The molecule has 0 bridgehead atoms. The van der Waals surface area contributed by atoms with Gasteiger partial charge in [0, 0.05) is 61.0 Å². The average Bonchev–Trinajstić information content (AvgIpc) is 3.44. The van der Waals surface area contributed by atoms with E-state index in [4.69, 9.17) is 21.9 Å². The van der Waals surface area contributed by atoms with Crippen LogP contribution in [0.15, 0.2) is 79.3 Å². The van der Waals surface area contributed by atoms with E-state index in [-0.39, 0.29) is 12.1 Å². The van der Waals surface area contributed by atoms with Gasteiger partial charge in [0.2, 0.25) is 0 Å². The van der Waals surface area contributed by atoms with Crippen LogP contribution >= 0.6 is 12.2 Å². The minimum absolute atomic E-state index is 0.00909. The second-order valence-electron chi connectivity index (χ2n) is 9.89. The van der Waals surface area contributed by atoms with Crippen molar-refractivity contribution in [3.8, 4) is 5.69 Å². The lowest BCUT2D eigenvalue weighted by Gasteiger charge is -2.29. The third-order valence-electron chi connectivity index (χ3n) is 7.55. The minimum Gasteiger partial charge on any atom is -0.378 e. The van der Waals surface area contributed by atoms with E-state index in [1.807, 2.05) is 30.6 Å². The summed E-state index contributed by atoms with van der Waals surface area (Å²) in [6, 6.07) is 21.2. The monoisotopic (exact) mass is 524 g/mol. The Morgan fingerprint density at radius 3 is 2.47 bits per heavy atom. The van der Waals surface area contributed by atoms with Gasteiger partial charge in [-0.15, -0.1) is 0 Å². The van der Waals surface area contributed by atoms with Gasteiger partial charge >= 0.3 is 0 Å². The van der Waals surface area contributed by atoms with Crippen LogP contribution in [0.2, 0.25) is 0 Å². The first-order chi connectivity index (χ1) is 18.6. The molecule has 38 heavy (non-hydrogen) atoms. The molecule has 2 saturated heterocycles. The molecule has 8 heteroatoms. The molecule has 7 nitrogen and oxygen atoms in total. The van der Waals surface area contributed by atoms with Crippen molar-refractivity contribution < 1.29 is 4.74 Å². The fourth-order valence-corrected chi connectivity index (χ4v) is 6.03. The van der Waals surface area contributed by atoms with Crippen LogP contribution in [0.5, 0.6) is 0 Å². The molecule has 0 amide bonds. The third-order valence-corrected chi connectivity index (χ3v) is 7.90. The fourth-order valence-electron chi connectivity index (χ4n) is 5.72. The number of nitrogens with one attached hydrogen (secondary N) is 1. The highest BCUT2D eigenvalue weighted by Crippen LogP contribution is 2.42. The molecule has 0 aliphatic carbocycles. The van der Waals surface area contributed by atoms with Gasteiger partial charge < -0.3 is 24.4 Å². The Morgan fingerprint density at radius 1 is 0.974 bits per heavy atom. The van der Waals surface area contributed by atoms with Gasteiger partial charge in [-0.25, -0.2) is 0 Å². The third kappa shape index (κ3) is 4.66. The molecule has 4 aromatic rings. The number of benzene rings is 1. The number of hydrogen-bond donors (Lipinski definition) is 1. The summed E-state index contributed by atoms with van der Waals surface area (Å²) in [6.45, 7) is 8.48. The summed E-state index contributed by atoms with van der Waals surface area (Å²) in [4.78, 5) is 13.7. The van der Waals surface area contributed by atoms with Crippen molar-refractivity contribution in [3.05, 3.63) is 107 Å². The maximum absolute atomic E-state index is 5.89. The zero-order chi connectivity index (χ0) is 26.1. The molecule has 3 aromatic heterocycles. The van der Waals surface area contributed by atoms with Crippen molar-refractivity contribution in [1.29, 1.82) is 0 Å². The van der Waals surface area contributed by atoms with E-state index in [2.05, 4.69) is 81.0 Å². The fraction of sp³-hybridized carbons (Fsp3) is 0.300. The van der Waals surface area contributed by atoms with Crippen LogP contribution in [0, 0.1) is 13.8 Å². The number of morpholine rings is 1. The summed E-state index contributed by atoms with van der Waals surface area (Å²) >= 11 is 5.89. The van der Waals surface area contributed by atoms with Crippen LogP contribution < -0.4 is 10.2 Å². The molecule has 0 saturated carbocycles. The second kappa shape index (κ2) is 10.6. The van der Waals surface area contributed by atoms with E-state index < -0.39 is 0 Å². The van der Waals surface area contributed by atoms with Gasteiger partial charge in [-0.1, -0.05) is 12.1 Å². The van der Waals surface area contributed by atoms with E-state index in [1.54, 1.807) is 6.20 Å². The molecular formula is C30H32N6OS. The van der Waals surface area contributed by atoms with Gasteiger partial charge in [-0.3, -0.25) is 9.97 Å². The Kier molecular flexibility index (Phi) is 6.82. The number of rotatable bonds is 6. The summed E-state index contributed by atoms with van der Waals surface area (Å²) in [6.07, 6.45) is 5.56. The number of ether oxygens (including phenoxy) is 1. The van der Waals surface area contributed by atoms with Gasteiger partial charge in [0.15, 0.2) is 5.11 Å². The molecular weight excluding hydrogens is 492 g/mol. The van der Waals surface area contributed by atoms with Crippen molar-refractivity contribution in [1.82, 2.24) is 24.8 Å². The average molecular weight is 525 g/mol. The van der Waals surface area contributed by atoms with Crippen LogP contribution in [-0.4, -0.2) is 50.9 Å². The SMILES string of the molecule is Cc1cc([C@@H]2[C@@H](c3ccccn3)NC(=S)N2Cc2cccnc2)c(C)n1-c1ccc(N2CCOCC2)cc1. The lowest BCUT2D eigenvalue weighted by atomic mass is 9.96. The van der Waals surface area contributed by atoms with Crippen molar-refractivity contribution in [2.45, 2.75) is 32.5 Å². The lowest BCUT2D eigenvalue weighted by molar-refractivity contribution is 0.122. The van der Waals surface area contributed by atoms with Crippen molar-refractivity contribution >= 4 is 23.0 Å². The van der Waals surface area contributed by atoms with Crippen LogP contribution in [-0.2, 0) is 11.3 Å². The van der Waals surface area contributed by atoms with Gasteiger partial charge in [0.05, 0.1) is 31.0 Å². The summed E-state index contributed by atoms with van der Waals surface area (Å²) in [7, 11) is 0. The Bertz CT molecular complexity index is 1400. The number of pyridine rings is 2. The molecule has 2 atom stereocenters. The van der Waals surface area contributed by atoms with Crippen molar-refractivity contribution in [2.24, 2.45) is 0 Å². The summed E-state index contributed by atoms with van der Waals surface area (Å²) in [5.74, 6) is 0. The Balaban J connectivity index is 1.38. The van der Waals surface area contributed by atoms with Crippen LogP contribution in [0.3, 0.4) is 0 Å². The second-order valence-corrected chi connectivity index (χ2v) is 10.3. The first-order valence-electron chi connectivity index (χ1n) is 13.1. The highest BCUT2D eigenvalue weighted by Gasteiger charge is 2.41. The first-order valence-corrected chi connectivity index (χ1v) is 13.5. The quantitative estimate of drug-likeness (QED) is 0.360. The highest BCUT2D eigenvalue weighted by molar-refractivity contribution is 7.80. The maximum Gasteiger partial charge on any atom is 0.170 e. The standard InChI is InChI=1S/C30H32N6OS/c1-21-18-26(22(2)36(21)25-10-8-24(9-11-25)34-14-16-37-17-15-34)29-28(27-7-3-4-13-32-27)33-30(38)35(29)20-23-6-5-12-31-19-23/h3-13,18-19,28-29H,14-17,20H2,1-2H3,(H,33,38)/t28-,29-/m1/s1. The molecule has 2 aliphatic heterocycles. The number of hydrogen-bond acceptors (Lipinski definition) is 5. The molecule has 0 spiro atoms. The van der Waals surface area contributed by atoms with E-state index in [1.165, 1.54) is 22.6 Å². The van der Waals surface area contributed by atoms with Crippen LogP contribution in [0.25, 0.3) is 5.69 Å². The predicted octanol–water partition coefficient (Wildman–Crippen LogP) is 4.89. The zero-order valence-corrected chi connectivity index (χ0v) is 22.6. The minimum atomic E-state index is -0.0574. The molecule has 2 aliphatic rings. The number of nitrogens with zero attached hydrogens (tertiary/aromatic N) is 5. The molecule has 0 unspecified atom stereocenters. The molecule has 0 radical (unpaired) electrons. The van der Waals surface area contributed by atoms with E-state index in [0.29, 0.717) is 6.54 Å². The lowest BCUT2D eigenvalue weighted by Crippen LogP contribution is -2.36. The summed E-state index contributed by atoms with van der Waals surface area (Å²) < 4.78 is 7.86. The largest absolute Gasteiger partial charge is 0.378 e. The van der Waals surface area contributed by atoms with E-state index in [9.17, 15) is 0 Å². The molecule has 2 fully saturated rings. The molecule has 194 valence electrons. The topological polar surface area (TPSA) is 58.5 Å². The maximum atomic E-state index is 5.89. The van der Waals surface area contributed by atoms with Crippen LogP contribution in [0.1, 0.15) is 40.3 Å². The molecule has 5 heterocycles. The Hall–Kier alpha value is -3.75. The smallest absolute Gasteiger partial charge is 0.170 e. The summed E-state index contributed by atoms with van der Waals surface area (Å²) in [5, 5.41) is 4.31. The number of aromatic nitrogens is 3. The van der Waals surface area contributed by atoms with E-state index >= 15 is 0 Å². The van der Waals surface area contributed by atoms with Crippen molar-refractivity contribution in [3.63, 3.8) is 0 Å². The number of thiocarbonyl (C=S) groups is 1. The Labute approximate surface area is 229 Å². The Morgan fingerprint density at radius 2 is 1.76 bits per heavy atom. The molecule has 1 N–H and O–H groups in total. The molecule has 6 rings (SSSR count). The predicted molar refractivity (Wildman–Crippen MR) is 154 cm³/mol. The highest BCUT2D eigenvalue weighted by atomic mass is 32.1. The first kappa shape index (κ1) is 24.6.